The zero-order chi connectivity index (χ0) is 12.7. The topological polar surface area (TPSA) is 69.6 Å². The molecule has 0 aromatic rings. The van der Waals surface area contributed by atoms with E-state index in [-0.39, 0.29) is 12.5 Å². The second kappa shape index (κ2) is 7.27. The number of carboxylic acids is 1. The van der Waals surface area contributed by atoms with Crippen molar-refractivity contribution in [2.45, 2.75) is 45.1 Å². The van der Waals surface area contributed by atoms with Crippen molar-refractivity contribution in [1.29, 1.82) is 0 Å². The van der Waals surface area contributed by atoms with E-state index in [1.54, 1.807) is 4.90 Å². The van der Waals surface area contributed by atoms with Gasteiger partial charge in [0.1, 0.15) is 6.04 Å². The van der Waals surface area contributed by atoms with Gasteiger partial charge in [-0.2, -0.15) is 0 Å². The summed E-state index contributed by atoms with van der Waals surface area (Å²) in [5, 5.41) is 11.9. The zero-order valence-electron chi connectivity index (χ0n) is 10.4. The van der Waals surface area contributed by atoms with E-state index < -0.39 is 12.0 Å². The second-order valence-electron chi connectivity index (χ2n) is 4.52. The van der Waals surface area contributed by atoms with Crippen LogP contribution in [0, 0.1) is 0 Å². The first-order valence-electron chi connectivity index (χ1n) is 6.38. The molecule has 0 aliphatic carbocycles. The molecule has 1 aliphatic heterocycles. The summed E-state index contributed by atoms with van der Waals surface area (Å²) >= 11 is 0. The largest absolute Gasteiger partial charge is 0.480 e. The van der Waals surface area contributed by atoms with Crippen molar-refractivity contribution in [2.24, 2.45) is 0 Å². The molecular formula is C12H22N2O3. The highest BCUT2D eigenvalue weighted by Crippen LogP contribution is 2.16. The summed E-state index contributed by atoms with van der Waals surface area (Å²) < 4.78 is 0. The maximum atomic E-state index is 11.6. The van der Waals surface area contributed by atoms with Gasteiger partial charge >= 0.3 is 5.97 Å². The van der Waals surface area contributed by atoms with E-state index in [1.165, 1.54) is 0 Å². The lowest BCUT2D eigenvalue weighted by molar-refractivity contribution is -0.144. The fourth-order valence-corrected chi connectivity index (χ4v) is 2.14. The molecule has 1 aliphatic rings. The van der Waals surface area contributed by atoms with Crippen molar-refractivity contribution >= 4 is 11.9 Å². The minimum Gasteiger partial charge on any atom is -0.480 e. The maximum absolute atomic E-state index is 11.6. The average molecular weight is 242 g/mol. The number of likely N-dealkylation sites (tertiary alicyclic amines) is 1. The number of carbonyl (C=O) groups excluding carboxylic acids is 1. The molecular weight excluding hydrogens is 220 g/mol. The Kier molecular flexibility index (Phi) is 5.97. The summed E-state index contributed by atoms with van der Waals surface area (Å²) in [7, 11) is 0. The van der Waals surface area contributed by atoms with Crippen LogP contribution < -0.4 is 5.32 Å². The SMILES string of the molecule is CCCNC(=O)CN1CCCCCC1C(=O)O. The Morgan fingerprint density at radius 2 is 2.12 bits per heavy atom. The third-order valence-electron chi connectivity index (χ3n) is 3.07. The number of nitrogens with one attached hydrogen (secondary N) is 1. The van der Waals surface area contributed by atoms with E-state index in [1.807, 2.05) is 6.92 Å². The highest BCUT2D eigenvalue weighted by molar-refractivity contribution is 5.79. The summed E-state index contributed by atoms with van der Waals surface area (Å²) in [5.74, 6) is -0.879. The van der Waals surface area contributed by atoms with Gasteiger partial charge < -0.3 is 10.4 Å². The number of carbonyl (C=O) groups is 2. The molecule has 0 aromatic heterocycles. The molecule has 1 unspecified atom stereocenters. The highest BCUT2D eigenvalue weighted by atomic mass is 16.4. The lowest BCUT2D eigenvalue weighted by atomic mass is 10.1. The number of amides is 1. The summed E-state index contributed by atoms with van der Waals surface area (Å²) in [4.78, 5) is 24.5. The quantitative estimate of drug-likeness (QED) is 0.749. The molecule has 1 rings (SSSR count). The van der Waals surface area contributed by atoms with Gasteiger partial charge in [0.15, 0.2) is 0 Å². The summed E-state index contributed by atoms with van der Waals surface area (Å²) in [6.45, 7) is 3.56. The lowest BCUT2D eigenvalue weighted by Crippen LogP contribution is -2.46. The van der Waals surface area contributed by atoms with Crippen LogP contribution in [0.1, 0.15) is 39.0 Å². The van der Waals surface area contributed by atoms with Crippen LogP contribution in [-0.2, 0) is 9.59 Å². The van der Waals surface area contributed by atoms with Gasteiger partial charge in [-0.15, -0.1) is 0 Å². The van der Waals surface area contributed by atoms with Gasteiger partial charge in [-0.3, -0.25) is 14.5 Å². The number of hydrogen-bond acceptors (Lipinski definition) is 3. The fraction of sp³-hybridized carbons (Fsp3) is 0.833. The van der Waals surface area contributed by atoms with Crippen molar-refractivity contribution in [3.63, 3.8) is 0 Å². The van der Waals surface area contributed by atoms with Gasteiger partial charge in [0.25, 0.3) is 0 Å². The third-order valence-corrected chi connectivity index (χ3v) is 3.07. The van der Waals surface area contributed by atoms with Gasteiger partial charge in [0.05, 0.1) is 6.54 Å². The van der Waals surface area contributed by atoms with Crippen molar-refractivity contribution in [1.82, 2.24) is 10.2 Å². The molecule has 1 fully saturated rings. The average Bonchev–Trinajstić information content (AvgIpc) is 2.51. The molecule has 98 valence electrons. The first-order chi connectivity index (χ1) is 8.15. The van der Waals surface area contributed by atoms with Crippen LogP contribution in [-0.4, -0.2) is 47.6 Å². The van der Waals surface area contributed by atoms with E-state index >= 15 is 0 Å². The summed E-state index contributed by atoms with van der Waals surface area (Å²) in [5.41, 5.74) is 0. The molecule has 1 saturated heterocycles. The molecule has 0 saturated carbocycles. The molecule has 2 N–H and O–H groups in total. The monoisotopic (exact) mass is 242 g/mol. The number of rotatable bonds is 5. The zero-order valence-corrected chi connectivity index (χ0v) is 10.4. The molecule has 0 radical (unpaired) electrons. The minimum absolute atomic E-state index is 0.0694. The van der Waals surface area contributed by atoms with Gasteiger partial charge in [0, 0.05) is 6.54 Å². The summed E-state index contributed by atoms with van der Waals surface area (Å²) in [6.07, 6.45) is 4.51. The van der Waals surface area contributed by atoms with Crippen LogP contribution in [0.15, 0.2) is 0 Å². The molecule has 5 heteroatoms. The Balaban J connectivity index is 2.51. The molecule has 1 amide bonds. The normalized spacial score (nSPS) is 21.8. The second-order valence-corrected chi connectivity index (χ2v) is 4.52. The molecule has 1 heterocycles. The minimum atomic E-state index is -0.810. The number of carboxylic acid groups (broad SMARTS) is 1. The lowest BCUT2D eigenvalue weighted by Gasteiger charge is -2.25. The number of aliphatic carboxylic acids is 1. The van der Waals surface area contributed by atoms with Gasteiger partial charge in [0.2, 0.25) is 5.91 Å². The van der Waals surface area contributed by atoms with E-state index in [9.17, 15) is 9.59 Å². The van der Waals surface area contributed by atoms with Gasteiger partial charge in [-0.1, -0.05) is 19.8 Å². The van der Waals surface area contributed by atoms with Crippen LogP contribution >= 0.6 is 0 Å². The van der Waals surface area contributed by atoms with E-state index in [4.69, 9.17) is 5.11 Å². The Morgan fingerprint density at radius 3 is 2.76 bits per heavy atom. The van der Waals surface area contributed by atoms with Crippen LogP contribution in [0.5, 0.6) is 0 Å². The van der Waals surface area contributed by atoms with Crippen LogP contribution in [0.3, 0.4) is 0 Å². The van der Waals surface area contributed by atoms with Crippen molar-refractivity contribution in [3.8, 4) is 0 Å². The van der Waals surface area contributed by atoms with E-state index in [0.717, 1.165) is 25.7 Å². The van der Waals surface area contributed by atoms with Crippen LogP contribution in [0.2, 0.25) is 0 Å². The van der Waals surface area contributed by atoms with Crippen molar-refractivity contribution in [2.75, 3.05) is 19.6 Å². The highest BCUT2D eigenvalue weighted by Gasteiger charge is 2.28. The first-order valence-corrected chi connectivity index (χ1v) is 6.38. The molecule has 5 nitrogen and oxygen atoms in total. The molecule has 17 heavy (non-hydrogen) atoms. The van der Waals surface area contributed by atoms with Gasteiger partial charge in [-0.25, -0.2) is 0 Å². The standard InChI is InChI=1S/C12H22N2O3/c1-2-7-13-11(15)9-14-8-5-3-4-6-10(14)12(16)17/h10H,2-9H2,1H3,(H,13,15)(H,16,17). The Bertz CT molecular complexity index is 268. The predicted molar refractivity (Wildman–Crippen MR) is 64.8 cm³/mol. The van der Waals surface area contributed by atoms with Crippen molar-refractivity contribution in [3.05, 3.63) is 0 Å². The fourth-order valence-electron chi connectivity index (χ4n) is 2.14. The third kappa shape index (κ3) is 4.73. The van der Waals surface area contributed by atoms with E-state index in [0.29, 0.717) is 19.5 Å². The number of hydrogen-bond donors (Lipinski definition) is 2. The Morgan fingerprint density at radius 1 is 1.35 bits per heavy atom. The maximum Gasteiger partial charge on any atom is 0.320 e. The summed E-state index contributed by atoms with van der Waals surface area (Å²) in [6, 6.07) is -0.495. The Labute approximate surface area is 102 Å². The number of nitrogens with zero attached hydrogens (tertiary/aromatic N) is 1. The van der Waals surface area contributed by atoms with Crippen molar-refractivity contribution < 1.29 is 14.7 Å². The molecule has 0 spiro atoms. The molecule has 1 atom stereocenters. The Hall–Kier alpha value is -1.10. The van der Waals surface area contributed by atoms with Crippen LogP contribution in [0.4, 0.5) is 0 Å². The van der Waals surface area contributed by atoms with Crippen LogP contribution in [0.25, 0.3) is 0 Å². The molecule has 0 bridgehead atoms. The smallest absolute Gasteiger partial charge is 0.320 e. The van der Waals surface area contributed by atoms with E-state index in [2.05, 4.69) is 5.32 Å². The predicted octanol–water partition coefficient (Wildman–Crippen LogP) is 0.842. The molecule has 0 aromatic carbocycles. The van der Waals surface area contributed by atoms with Gasteiger partial charge in [-0.05, 0) is 25.8 Å². The first kappa shape index (κ1) is 14.0.